The molecule has 0 aliphatic carbocycles. The normalized spacial score (nSPS) is 11.3. The molecule has 198 valence electrons. The molecule has 0 bridgehead atoms. The Bertz CT molecular complexity index is 1200. The van der Waals surface area contributed by atoms with Crippen LogP contribution in [0.25, 0.3) is 5.69 Å². The third-order valence-electron chi connectivity index (χ3n) is 6.09. The lowest BCUT2D eigenvalue weighted by Gasteiger charge is -2.23. The summed E-state index contributed by atoms with van der Waals surface area (Å²) in [6.07, 6.45) is 3.74. The van der Waals surface area contributed by atoms with Gasteiger partial charge in [0.25, 0.3) is 0 Å². The molecule has 0 unspecified atom stereocenters. The second-order valence-corrected chi connectivity index (χ2v) is 10.6. The fourth-order valence-corrected chi connectivity index (χ4v) is 4.05. The third kappa shape index (κ3) is 7.83. The molecule has 7 nitrogen and oxygen atoms in total. The summed E-state index contributed by atoms with van der Waals surface area (Å²) < 4.78 is 1.65. The van der Waals surface area contributed by atoms with Gasteiger partial charge in [0.05, 0.1) is 16.4 Å². The van der Waals surface area contributed by atoms with Gasteiger partial charge in [-0.25, -0.2) is 9.48 Å². The fraction of sp³-hybridized carbons (Fsp3) is 0.414. The van der Waals surface area contributed by atoms with Crippen molar-refractivity contribution in [2.24, 2.45) is 0 Å². The van der Waals surface area contributed by atoms with Crippen LogP contribution in [-0.2, 0) is 16.6 Å². The molecule has 0 aliphatic rings. The number of hydrogen-bond acceptors (Lipinski definition) is 3. The number of para-hydroxylation sites is 1. The summed E-state index contributed by atoms with van der Waals surface area (Å²) in [7, 11) is 0. The van der Waals surface area contributed by atoms with E-state index in [0.717, 1.165) is 31.4 Å². The lowest BCUT2D eigenvalue weighted by molar-refractivity contribution is -0.116. The average molecular weight is 524 g/mol. The summed E-state index contributed by atoms with van der Waals surface area (Å²) in [6, 6.07) is 16.7. The second-order valence-electron chi connectivity index (χ2n) is 10.2. The topological polar surface area (TPSA) is 79.3 Å². The Morgan fingerprint density at radius 1 is 1.00 bits per heavy atom. The molecule has 2 N–H and O–H groups in total. The Morgan fingerprint density at radius 3 is 2.32 bits per heavy atom. The van der Waals surface area contributed by atoms with E-state index in [2.05, 4.69) is 45.3 Å². The molecule has 3 rings (SSSR count). The van der Waals surface area contributed by atoms with Crippen LogP contribution >= 0.6 is 11.6 Å². The molecule has 0 spiro atoms. The molecule has 8 heteroatoms. The highest BCUT2D eigenvalue weighted by Crippen LogP contribution is 2.29. The number of halogens is 1. The number of nitrogens with zero attached hydrogens (tertiary/aromatic N) is 3. The Morgan fingerprint density at radius 2 is 1.70 bits per heavy atom. The number of aryl methyl sites for hydroxylation is 1. The zero-order chi connectivity index (χ0) is 27.0. The van der Waals surface area contributed by atoms with E-state index in [1.165, 1.54) is 5.56 Å². The number of benzene rings is 2. The first-order chi connectivity index (χ1) is 17.6. The first-order valence-electron chi connectivity index (χ1n) is 12.9. The van der Waals surface area contributed by atoms with E-state index in [1.807, 2.05) is 48.5 Å². The van der Waals surface area contributed by atoms with Gasteiger partial charge in [-0.3, -0.25) is 4.79 Å². The lowest BCUT2D eigenvalue weighted by atomic mass is 9.92. The quantitative estimate of drug-likeness (QED) is 0.279. The maximum absolute atomic E-state index is 13.2. The second kappa shape index (κ2) is 12.8. The van der Waals surface area contributed by atoms with Crippen molar-refractivity contribution < 1.29 is 9.59 Å². The molecule has 0 radical (unpaired) electrons. The number of carbonyl (C=O) groups excluding carboxylic acids is 2. The minimum Gasteiger partial charge on any atom is -0.315 e. The Hall–Kier alpha value is -3.32. The van der Waals surface area contributed by atoms with Crippen LogP contribution in [0.5, 0.6) is 0 Å². The minimum absolute atomic E-state index is 0.0822. The summed E-state index contributed by atoms with van der Waals surface area (Å²) in [5.41, 5.74) is 3.15. The highest BCUT2D eigenvalue weighted by Gasteiger charge is 2.24. The van der Waals surface area contributed by atoms with Crippen LogP contribution in [0.15, 0.2) is 54.6 Å². The summed E-state index contributed by atoms with van der Waals surface area (Å²) in [5.74, 6) is 0.203. The van der Waals surface area contributed by atoms with Gasteiger partial charge < -0.3 is 15.5 Å². The molecule has 37 heavy (non-hydrogen) atoms. The summed E-state index contributed by atoms with van der Waals surface area (Å²) in [6.45, 7) is 10.8. The zero-order valence-electron chi connectivity index (χ0n) is 22.5. The molecule has 0 aliphatic heterocycles. The van der Waals surface area contributed by atoms with E-state index in [0.29, 0.717) is 28.8 Å². The molecular weight excluding hydrogens is 486 g/mol. The van der Waals surface area contributed by atoms with E-state index in [9.17, 15) is 9.59 Å². The molecule has 2 aromatic carbocycles. The van der Waals surface area contributed by atoms with Crippen molar-refractivity contribution in [3.8, 4) is 5.69 Å². The number of carbonyl (C=O) groups is 2. The standard InChI is InChI=1S/C29H38ClN5O2/c1-6-8-11-18-34(28(37)31-22-16-14-21(7-2)15-17-22)20-27(36)32-26-19-25(29(3,4)5)33-35(26)24-13-10-9-12-23(24)30/h9-10,12-17,19H,6-8,11,18,20H2,1-5H3,(H,31,37)(H,32,36). The Labute approximate surface area is 225 Å². The van der Waals surface area contributed by atoms with Crippen molar-refractivity contribution >= 4 is 35.0 Å². The first kappa shape index (κ1) is 28.3. The van der Waals surface area contributed by atoms with Crippen LogP contribution in [0.4, 0.5) is 16.3 Å². The lowest BCUT2D eigenvalue weighted by Crippen LogP contribution is -2.41. The molecule has 0 fully saturated rings. The highest BCUT2D eigenvalue weighted by molar-refractivity contribution is 6.32. The molecule has 1 heterocycles. The summed E-state index contributed by atoms with van der Waals surface area (Å²) in [4.78, 5) is 27.9. The summed E-state index contributed by atoms with van der Waals surface area (Å²) >= 11 is 6.45. The van der Waals surface area contributed by atoms with E-state index < -0.39 is 0 Å². The van der Waals surface area contributed by atoms with Gasteiger partial charge in [-0.15, -0.1) is 0 Å². The number of hydrogen-bond donors (Lipinski definition) is 2. The van der Waals surface area contributed by atoms with Crippen molar-refractivity contribution in [2.75, 3.05) is 23.7 Å². The minimum atomic E-state index is -0.304. The van der Waals surface area contributed by atoms with E-state index in [4.69, 9.17) is 16.7 Å². The molecule has 3 amide bonds. The number of nitrogens with one attached hydrogen (secondary N) is 2. The molecule has 3 aromatic rings. The molecule has 0 saturated heterocycles. The molecule has 1 aromatic heterocycles. The van der Waals surface area contributed by atoms with Crippen molar-refractivity contribution in [3.63, 3.8) is 0 Å². The number of unbranched alkanes of at least 4 members (excludes halogenated alkanes) is 2. The predicted molar refractivity (Wildman–Crippen MR) is 152 cm³/mol. The van der Waals surface area contributed by atoms with Crippen LogP contribution in [0, 0.1) is 0 Å². The predicted octanol–water partition coefficient (Wildman–Crippen LogP) is 7.05. The maximum atomic E-state index is 13.2. The van der Waals surface area contributed by atoms with Gasteiger partial charge in [0.15, 0.2) is 0 Å². The van der Waals surface area contributed by atoms with E-state index in [1.54, 1.807) is 15.6 Å². The zero-order valence-corrected chi connectivity index (χ0v) is 23.2. The van der Waals surface area contributed by atoms with Crippen LogP contribution in [0.3, 0.4) is 0 Å². The number of anilines is 2. The van der Waals surface area contributed by atoms with E-state index in [-0.39, 0.29) is 23.9 Å². The molecule has 0 saturated carbocycles. The SMILES string of the molecule is CCCCCN(CC(=O)Nc1cc(C(C)(C)C)nn1-c1ccccc1Cl)C(=O)Nc1ccc(CC)cc1. The molecule has 0 atom stereocenters. The Kier molecular flexibility index (Phi) is 9.75. The van der Waals surface area contributed by atoms with Gasteiger partial charge in [-0.1, -0.05) is 83.3 Å². The van der Waals surface area contributed by atoms with Crippen molar-refractivity contribution in [2.45, 2.75) is 65.7 Å². The van der Waals surface area contributed by atoms with E-state index >= 15 is 0 Å². The maximum Gasteiger partial charge on any atom is 0.322 e. The molecular formula is C29H38ClN5O2. The smallest absolute Gasteiger partial charge is 0.315 e. The van der Waals surface area contributed by atoms with Crippen molar-refractivity contribution in [1.29, 1.82) is 0 Å². The van der Waals surface area contributed by atoms with Crippen molar-refractivity contribution in [3.05, 3.63) is 70.9 Å². The number of aromatic nitrogens is 2. The van der Waals surface area contributed by atoms with Gasteiger partial charge in [-0.05, 0) is 42.7 Å². The van der Waals surface area contributed by atoms with Gasteiger partial charge in [-0.2, -0.15) is 5.10 Å². The van der Waals surface area contributed by atoms with Gasteiger partial charge in [0.2, 0.25) is 5.91 Å². The third-order valence-corrected chi connectivity index (χ3v) is 6.41. The number of amides is 3. The van der Waals surface area contributed by atoms with Crippen LogP contribution in [0.1, 0.15) is 65.1 Å². The number of rotatable bonds is 10. The summed E-state index contributed by atoms with van der Waals surface area (Å²) in [5, 5.41) is 11.2. The Balaban J connectivity index is 1.80. The van der Waals surface area contributed by atoms with Crippen LogP contribution in [0.2, 0.25) is 5.02 Å². The number of urea groups is 1. The van der Waals surface area contributed by atoms with Gasteiger partial charge in [0, 0.05) is 23.7 Å². The van der Waals surface area contributed by atoms with Crippen LogP contribution in [-0.4, -0.2) is 39.7 Å². The fourth-order valence-electron chi connectivity index (χ4n) is 3.83. The highest BCUT2D eigenvalue weighted by atomic mass is 35.5. The largest absolute Gasteiger partial charge is 0.322 e. The first-order valence-corrected chi connectivity index (χ1v) is 13.3. The average Bonchev–Trinajstić information content (AvgIpc) is 3.28. The van der Waals surface area contributed by atoms with Gasteiger partial charge >= 0.3 is 6.03 Å². The monoisotopic (exact) mass is 523 g/mol. The van der Waals surface area contributed by atoms with Crippen LogP contribution < -0.4 is 10.6 Å². The van der Waals surface area contributed by atoms with Gasteiger partial charge in [0.1, 0.15) is 12.4 Å². The van der Waals surface area contributed by atoms with Crippen molar-refractivity contribution in [1.82, 2.24) is 14.7 Å².